The molecule has 0 aromatic rings. The van der Waals surface area contributed by atoms with Crippen LogP contribution in [0.1, 0.15) is 25.7 Å². The monoisotopic (exact) mass is 319 g/mol. The van der Waals surface area contributed by atoms with Gasteiger partial charge in [0.05, 0.1) is 31.3 Å². The molecule has 2 aliphatic rings. The van der Waals surface area contributed by atoms with Gasteiger partial charge < -0.3 is 9.47 Å². The smallest absolute Gasteiger partial charge is 0.310 e. The van der Waals surface area contributed by atoms with Crippen molar-refractivity contribution in [2.45, 2.75) is 30.9 Å². The molecule has 0 spiro atoms. The topological polar surface area (TPSA) is 90.0 Å². The highest BCUT2D eigenvalue weighted by atomic mass is 32.2. The van der Waals surface area contributed by atoms with Crippen LogP contribution in [0, 0.1) is 11.8 Å². The van der Waals surface area contributed by atoms with Gasteiger partial charge in [-0.2, -0.15) is 0 Å². The molecule has 1 saturated heterocycles. The number of carbonyl (C=O) groups is 2. The van der Waals surface area contributed by atoms with Gasteiger partial charge >= 0.3 is 11.9 Å². The van der Waals surface area contributed by atoms with E-state index < -0.39 is 33.1 Å². The zero-order chi connectivity index (χ0) is 15.6. The van der Waals surface area contributed by atoms with Crippen LogP contribution < -0.4 is 0 Å². The number of hydrogen-bond donors (Lipinski definition) is 0. The van der Waals surface area contributed by atoms with Crippen LogP contribution in [0.15, 0.2) is 0 Å². The van der Waals surface area contributed by atoms with Crippen LogP contribution in [0.2, 0.25) is 0 Å². The van der Waals surface area contributed by atoms with Gasteiger partial charge in [-0.25, -0.2) is 12.7 Å². The number of carbonyl (C=O) groups excluding carboxylic acids is 2. The molecule has 7 nitrogen and oxygen atoms in total. The van der Waals surface area contributed by atoms with Crippen molar-refractivity contribution in [2.75, 3.05) is 27.3 Å². The van der Waals surface area contributed by atoms with E-state index in [1.54, 1.807) is 0 Å². The van der Waals surface area contributed by atoms with Crippen LogP contribution in [0.3, 0.4) is 0 Å². The zero-order valence-electron chi connectivity index (χ0n) is 12.3. The lowest BCUT2D eigenvalue weighted by Crippen LogP contribution is -2.41. The van der Waals surface area contributed by atoms with E-state index >= 15 is 0 Å². The van der Waals surface area contributed by atoms with Crippen LogP contribution in [-0.2, 0) is 29.1 Å². The fourth-order valence-electron chi connectivity index (χ4n) is 3.21. The van der Waals surface area contributed by atoms with E-state index in [0.29, 0.717) is 32.2 Å². The summed E-state index contributed by atoms with van der Waals surface area (Å²) in [4.78, 5) is 23.2. The fourth-order valence-corrected chi connectivity index (χ4v) is 5.47. The van der Waals surface area contributed by atoms with Crippen LogP contribution in [0.4, 0.5) is 0 Å². The van der Waals surface area contributed by atoms with Crippen molar-refractivity contribution in [2.24, 2.45) is 11.8 Å². The average molecular weight is 319 g/mol. The maximum Gasteiger partial charge on any atom is 0.310 e. The molecule has 0 radical (unpaired) electrons. The number of hydrogen-bond acceptors (Lipinski definition) is 6. The van der Waals surface area contributed by atoms with E-state index in [1.807, 2.05) is 0 Å². The van der Waals surface area contributed by atoms with Crippen molar-refractivity contribution in [1.29, 1.82) is 0 Å². The van der Waals surface area contributed by atoms with Crippen molar-refractivity contribution in [3.8, 4) is 0 Å². The second kappa shape index (κ2) is 6.31. The Hall–Kier alpha value is -1.15. The third-order valence-electron chi connectivity index (χ3n) is 4.38. The lowest BCUT2D eigenvalue weighted by Gasteiger charge is -2.24. The molecule has 8 heteroatoms. The lowest BCUT2D eigenvalue weighted by molar-refractivity contribution is -0.145. The van der Waals surface area contributed by atoms with Gasteiger partial charge in [-0.05, 0) is 19.3 Å². The van der Waals surface area contributed by atoms with Gasteiger partial charge in [0.25, 0.3) is 0 Å². The Kier molecular flexibility index (Phi) is 4.88. The minimum Gasteiger partial charge on any atom is -0.469 e. The molecule has 0 aromatic heterocycles. The summed E-state index contributed by atoms with van der Waals surface area (Å²) in [7, 11) is -1.03. The molecule has 0 aromatic carbocycles. The molecule has 21 heavy (non-hydrogen) atoms. The van der Waals surface area contributed by atoms with Crippen molar-refractivity contribution in [3.05, 3.63) is 0 Å². The Morgan fingerprint density at radius 2 is 1.71 bits per heavy atom. The molecule has 1 aliphatic carbocycles. The molecule has 3 atom stereocenters. The van der Waals surface area contributed by atoms with Crippen molar-refractivity contribution in [3.63, 3.8) is 0 Å². The third kappa shape index (κ3) is 3.06. The molecule has 1 saturated carbocycles. The van der Waals surface area contributed by atoms with E-state index in [9.17, 15) is 18.0 Å². The van der Waals surface area contributed by atoms with Crippen molar-refractivity contribution >= 4 is 22.0 Å². The SMILES string of the molecule is COC(=O)C1CCN(S(=O)(=O)C2CCCC2C(=O)OC)C1. The molecule has 2 fully saturated rings. The number of esters is 2. The Morgan fingerprint density at radius 1 is 1.05 bits per heavy atom. The number of rotatable bonds is 4. The quantitative estimate of drug-likeness (QED) is 0.685. The Labute approximate surface area is 124 Å². The Balaban J connectivity index is 2.12. The minimum atomic E-state index is -3.59. The summed E-state index contributed by atoms with van der Waals surface area (Å²) in [6.45, 7) is 0.436. The number of sulfonamides is 1. The first-order valence-corrected chi connectivity index (χ1v) is 8.56. The molecule has 0 amide bonds. The first kappa shape index (κ1) is 16.2. The molecule has 120 valence electrons. The van der Waals surface area contributed by atoms with E-state index in [1.165, 1.54) is 18.5 Å². The lowest BCUT2D eigenvalue weighted by atomic mass is 10.1. The molecular weight excluding hydrogens is 298 g/mol. The third-order valence-corrected chi connectivity index (χ3v) is 6.77. The summed E-state index contributed by atoms with van der Waals surface area (Å²) < 4.78 is 36.1. The van der Waals surface area contributed by atoms with Gasteiger partial charge in [0.1, 0.15) is 0 Å². The molecule has 1 heterocycles. The van der Waals surface area contributed by atoms with E-state index in [2.05, 4.69) is 4.74 Å². The van der Waals surface area contributed by atoms with Gasteiger partial charge in [0, 0.05) is 13.1 Å². The van der Waals surface area contributed by atoms with Crippen LogP contribution in [0.5, 0.6) is 0 Å². The van der Waals surface area contributed by atoms with Crippen LogP contribution in [0.25, 0.3) is 0 Å². The Bertz CT molecular complexity index is 517. The van der Waals surface area contributed by atoms with Crippen LogP contribution >= 0.6 is 0 Å². The van der Waals surface area contributed by atoms with Crippen LogP contribution in [-0.4, -0.2) is 57.2 Å². The number of nitrogens with zero attached hydrogens (tertiary/aromatic N) is 1. The highest BCUT2D eigenvalue weighted by Crippen LogP contribution is 2.35. The maximum absolute atomic E-state index is 12.7. The largest absolute Gasteiger partial charge is 0.469 e. The van der Waals surface area contributed by atoms with Gasteiger partial charge in [-0.15, -0.1) is 0 Å². The molecule has 3 unspecified atom stereocenters. The fraction of sp³-hybridized carbons (Fsp3) is 0.846. The summed E-state index contributed by atoms with van der Waals surface area (Å²) >= 11 is 0. The summed E-state index contributed by atoms with van der Waals surface area (Å²) in [5, 5.41) is -0.735. The van der Waals surface area contributed by atoms with Gasteiger partial charge in [0.15, 0.2) is 0 Å². The number of methoxy groups -OCH3 is 2. The first-order chi connectivity index (χ1) is 9.91. The molecule has 0 N–H and O–H groups in total. The molecule has 0 bridgehead atoms. The average Bonchev–Trinajstić information content (AvgIpc) is 3.14. The molecule has 1 aliphatic heterocycles. The minimum absolute atomic E-state index is 0.138. The predicted octanol–water partition coefficient (Wildman–Crippen LogP) is 0.153. The summed E-state index contributed by atoms with van der Waals surface area (Å²) in [6, 6.07) is 0. The Morgan fingerprint density at radius 3 is 2.33 bits per heavy atom. The number of ether oxygens (including phenoxy) is 2. The molecular formula is C13H21NO6S. The van der Waals surface area contributed by atoms with Crippen molar-refractivity contribution in [1.82, 2.24) is 4.31 Å². The van der Waals surface area contributed by atoms with Gasteiger partial charge in [0.2, 0.25) is 10.0 Å². The van der Waals surface area contributed by atoms with Gasteiger partial charge in [-0.1, -0.05) is 6.42 Å². The second-order valence-corrected chi connectivity index (χ2v) is 7.66. The normalized spacial score (nSPS) is 30.3. The van der Waals surface area contributed by atoms with E-state index in [4.69, 9.17) is 4.74 Å². The highest BCUT2D eigenvalue weighted by Gasteiger charge is 2.47. The summed E-state index contributed by atoms with van der Waals surface area (Å²) in [5.41, 5.74) is 0. The second-order valence-electron chi connectivity index (χ2n) is 5.51. The standard InChI is InChI=1S/C13H21NO6S/c1-19-12(15)9-6-7-14(8-9)21(17,18)11-5-3-4-10(11)13(16)20-2/h9-11H,3-8H2,1-2H3. The predicted molar refractivity (Wildman–Crippen MR) is 73.8 cm³/mol. The van der Waals surface area contributed by atoms with E-state index in [0.717, 1.165) is 0 Å². The van der Waals surface area contributed by atoms with Crippen molar-refractivity contribution < 1.29 is 27.5 Å². The molecule has 2 rings (SSSR count). The maximum atomic E-state index is 12.7. The zero-order valence-corrected chi connectivity index (χ0v) is 13.1. The highest BCUT2D eigenvalue weighted by molar-refractivity contribution is 7.89. The van der Waals surface area contributed by atoms with E-state index in [-0.39, 0.29) is 12.5 Å². The van der Waals surface area contributed by atoms with Gasteiger partial charge in [-0.3, -0.25) is 9.59 Å². The first-order valence-electron chi connectivity index (χ1n) is 7.06. The summed E-state index contributed by atoms with van der Waals surface area (Å²) in [6.07, 6.45) is 2.14. The summed E-state index contributed by atoms with van der Waals surface area (Å²) in [5.74, 6) is -1.87.